The number of nitrogens with zero attached hydrogens (tertiary/aromatic N) is 1. The lowest BCUT2D eigenvalue weighted by Gasteiger charge is -2.20. The van der Waals surface area contributed by atoms with Crippen LogP contribution in [-0.4, -0.2) is 30.7 Å². The first kappa shape index (κ1) is 24.9. The predicted octanol–water partition coefficient (Wildman–Crippen LogP) is 5.19. The molecule has 0 aromatic heterocycles. The first-order chi connectivity index (χ1) is 14.8. The van der Waals surface area contributed by atoms with Crippen LogP contribution in [0.5, 0.6) is 5.75 Å². The van der Waals surface area contributed by atoms with Crippen molar-refractivity contribution in [1.29, 1.82) is 0 Å². The van der Waals surface area contributed by atoms with Crippen molar-refractivity contribution in [3.05, 3.63) is 63.1 Å². The second kappa shape index (κ2) is 12.5. The molecule has 0 radical (unpaired) electrons. The summed E-state index contributed by atoms with van der Waals surface area (Å²) in [6.45, 7) is 6.48. The van der Waals surface area contributed by atoms with Crippen LogP contribution in [0.2, 0.25) is 5.02 Å². The smallest absolute Gasteiger partial charge is 0.262 e. The molecule has 0 fully saturated rings. The van der Waals surface area contributed by atoms with E-state index in [1.165, 1.54) is 6.21 Å². The first-order valence-corrected chi connectivity index (χ1v) is 11.3. The standard InChI is InChI=1S/C23H27BrClN3O3/c1-4-5-12-31-20-11-6-16(13-19(20)24)14-26-28-23(30)21(15(2)3)27-22(29)17-7-9-18(25)10-8-17/h6-11,13-15,21H,4-5,12H2,1-3H3,(H,27,29)(H,28,30)/b26-14-. The van der Waals surface area contributed by atoms with E-state index in [1.807, 2.05) is 32.0 Å². The average molecular weight is 509 g/mol. The number of carbonyl (C=O) groups is 2. The summed E-state index contributed by atoms with van der Waals surface area (Å²) in [5, 5.41) is 7.32. The van der Waals surface area contributed by atoms with Crippen molar-refractivity contribution in [2.75, 3.05) is 6.61 Å². The Balaban J connectivity index is 1.96. The summed E-state index contributed by atoms with van der Waals surface area (Å²) in [5.74, 6) is -0.108. The van der Waals surface area contributed by atoms with E-state index in [9.17, 15) is 9.59 Å². The average Bonchev–Trinajstić information content (AvgIpc) is 2.73. The number of unbranched alkanes of at least 4 members (excludes halogenated alkanes) is 1. The molecule has 1 unspecified atom stereocenters. The number of carbonyl (C=O) groups excluding carboxylic acids is 2. The Morgan fingerprint density at radius 1 is 1.19 bits per heavy atom. The van der Waals surface area contributed by atoms with Gasteiger partial charge in [0.2, 0.25) is 0 Å². The minimum atomic E-state index is -0.735. The van der Waals surface area contributed by atoms with Gasteiger partial charge in [-0.3, -0.25) is 9.59 Å². The van der Waals surface area contributed by atoms with Crippen LogP contribution in [0.1, 0.15) is 49.5 Å². The van der Waals surface area contributed by atoms with E-state index in [-0.39, 0.29) is 11.8 Å². The van der Waals surface area contributed by atoms with Crippen LogP contribution in [-0.2, 0) is 4.79 Å². The molecule has 2 N–H and O–H groups in total. The second-order valence-electron chi connectivity index (χ2n) is 7.33. The normalized spacial score (nSPS) is 12.1. The molecule has 31 heavy (non-hydrogen) atoms. The minimum Gasteiger partial charge on any atom is -0.492 e. The second-order valence-corrected chi connectivity index (χ2v) is 8.62. The first-order valence-electron chi connectivity index (χ1n) is 10.1. The van der Waals surface area contributed by atoms with Crippen molar-refractivity contribution >= 4 is 45.6 Å². The molecule has 2 aromatic rings. The molecule has 0 aliphatic carbocycles. The van der Waals surface area contributed by atoms with Gasteiger partial charge < -0.3 is 10.1 Å². The van der Waals surface area contributed by atoms with Gasteiger partial charge in [-0.05, 0) is 76.3 Å². The van der Waals surface area contributed by atoms with E-state index < -0.39 is 11.9 Å². The van der Waals surface area contributed by atoms with Gasteiger partial charge in [0.15, 0.2) is 0 Å². The molecule has 0 aliphatic heterocycles. The third kappa shape index (κ3) is 7.99. The summed E-state index contributed by atoms with van der Waals surface area (Å²) in [6.07, 6.45) is 3.60. The zero-order valence-corrected chi connectivity index (χ0v) is 20.2. The Morgan fingerprint density at radius 3 is 2.52 bits per heavy atom. The number of hydrazone groups is 1. The number of benzene rings is 2. The number of rotatable bonds is 10. The van der Waals surface area contributed by atoms with Crippen LogP contribution >= 0.6 is 27.5 Å². The zero-order valence-electron chi connectivity index (χ0n) is 17.8. The summed E-state index contributed by atoms with van der Waals surface area (Å²) in [7, 11) is 0. The molecule has 166 valence electrons. The van der Waals surface area contributed by atoms with Crippen molar-refractivity contribution < 1.29 is 14.3 Å². The molecule has 8 heteroatoms. The quantitative estimate of drug-likeness (QED) is 0.263. The van der Waals surface area contributed by atoms with E-state index in [0.717, 1.165) is 28.6 Å². The molecule has 0 saturated carbocycles. The Kier molecular flexibility index (Phi) is 10.0. The van der Waals surface area contributed by atoms with Gasteiger partial charge in [0.05, 0.1) is 17.3 Å². The van der Waals surface area contributed by atoms with Crippen molar-refractivity contribution in [3.63, 3.8) is 0 Å². The molecule has 0 heterocycles. The Bertz CT molecular complexity index is 917. The maximum atomic E-state index is 12.6. The van der Waals surface area contributed by atoms with Crippen molar-refractivity contribution in [2.24, 2.45) is 11.0 Å². The van der Waals surface area contributed by atoms with E-state index in [4.69, 9.17) is 16.3 Å². The van der Waals surface area contributed by atoms with E-state index in [1.54, 1.807) is 24.3 Å². The summed E-state index contributed by atoms with van der Waals surface area (Å²) < 4.78 is 6.52. The van der Waals surface area contributed by atoms with Crippen LogP contribution in [0.25, 0.3) is 0 Å². The zero-order chi connectivity index (χ0) is 22.8. The largest absolute Gasteiger partial charge is 0.492 e. The number of halogens is 2. The molecule has 0 saturated heterocycles. The van der Waals surface area contributed by atoms with Crippen LogP contribution in [0, 0.1) is 5.92 Å². The summed E-state index contributed by atoms with van der Waals surface area (Å²) in [5.41, 5.74) is 3.72. The fourth-order valence-electron chi connectivity index (χ4n) is 2.64. The van der Waals surface area contributed by atoms with Crippen molar-refractivity contribution in [3.8, 4) is 5.75 Å². The monoisotopic (exact) mass is 507 g/mol. The molecule has 0 aliphatic rings. The van der Waals surface area contributed by atoms with E-state index >= 15 is 0 Å². The summed E-state index contributed by atoms with van der Waals surface area (Å²) in [4.78, 5) is 25.0. The molecular formula is C23H27BrClN3O3. The third-order valence-corrected chi connectivity index (χ3v) is 5.31. The van der Waals surface area contributed by atoms with Gasteiger partial charge in [-0.15, -0.1) is 0 Å². The van der Waals surface area contributed by atoms with Gasteiger partial charge in [0.25, 0.3) is 11.8 Å². The van der Waals surface area contributed by atoms with Crippen LogP contribution < -0.4 is 15.5 Å². The SMILES string of the molecule is CCCCOc1ccc(/C=N\NC(=O)C(NC(=O)c2ccc(Cl)cc2)C(C)C)cc1Br. The van der Waals surface area contributed by atoms with E-state index in [0.29, 0.717) is 17.2 Å². The fourth-order valence-corrected chi connectivity index (χ4v) is 3.28. The van der Waals surface area contributed by atoms with Crippen LogP contribution in [0.3, 0.4) is 0 Å². The van der Waals surface area contributed by atoms with Crippen molar-refractivity contribution in [2.45, 2.75) is 39.7 Å². The van der Waals surface area contributed by atoms with Gasteiger partial charge in [-0.1, -0.05) is 38.8 Å². The Morgan fingerprint density at radius 2 is 1.90 bits per heavy atom. The molecule has 0 bridgehead atoms. The number of nitrogens with one attached hydrogen (secondary N) is 2. The van der Waals surface area contributed by atoms with Crippen LogP contribution in [0.15, 0.2) is 52.0 Å². The highest BCUT2D eigenvalue weighted by atomic mass is 79.9. The molecule has 2 rings (SSSR count). The molecule has 2 amide bonds. The highest BCUT2D eigenvalue weighted by molar-refractivity contribution is 9.10. The molecule has 2 aromatic carbocycles. The lowest BCUT2D eigenvalue weighted by molar-refractivity contribution is -0.123. The highest BCUT2D eigenvalue weighted by Gasteiger charge is 2.24. The highest BCUT2D eigenvalue weighted by Crippen LogP contribution is 2.25. The van der Waals surface area contributed by atoms with Gasteiger partial charge >= 0.3 is 0 Å². The number of ether oxygens (including phenoxy) is 1. The topological polar surface area (TPSA) is 79.8 Å². The molecule has 1 atom stereocenters. The van der Waals surface area contributed by atoms with Crippen LogP contribution in [0.4, 0.5) is 0 Å². The molecule has 0 spiro atoms. The molecule has 6 nitrogen and oxygen atoms in total. The lowest BCUT2D eigenvalue weighted by Crippen LogP contribution is -2.48. The fraction of sp³-hybridized carbons (Fsp3) is 0.348. The maximum absolute atomic E-state index is 12.6. The minimum absolute atomic E-state index is 0.125. The third-order valence-electron chi connectivity index (χ3n) is 4.44. The maximum Gasteiger partial charge on any atom is 0.262 e. The Labute approximate surface area is 196 Å². The van der Waals surface area contributed by atoms with Gasteiger partial charge in [-0.2, -0.15) is 5.10 Å². The predicted molar refractivity (Wildman–Crippen MR) is 128 cm³/mol. The van der Waals surface area contributed by atoms with Gasteiger partial charge in [0, 0.05) is 10.6 Å². The van der Waals surface area contributed by atoms with Gasteiger partial charge in [0.1, 0.15) is 11.8 Å². The lowest BCUT2D eigenvalue weighted by atomic mass is 10.0. The Hall–Kier alpha value is -2.38. The van der Waals surface area contributed by atoms with Crippen molar-refractivity contribution in [1.82, 2.24) is 10.7 Å². The number of amides is 2. The summed E-state index contributed by atoms with van der Waals surface area (Å²) >= 11 is 9.34. The van der Waals surface area contributed by atoms with Gasteiger partial charge in [-0.25, -0.2) is 5.43 Å². The summed E-state index contributed by atoms with van der Waals surface area (Å²) in [6, 6.07) is 11.3. The number of hydrogen-bond acceptors (Lipinski definition) is 4. The number of hydrogen-bond donors (Lipinski definition) is 2. The van der Waals surface area contributed by atoms with E-state index in [2.05, 4.69) is 38.7 Å². The molecular weight excluding hydrogens is 482 g/mol.